The van der Waals surface area contributed by atoms with Crippen molar-refractivity contribution in [3.8, 4) is 0 Å². The molecule has 2 aromatic rings. The number of carbonyl (C=O) groups excluding carboxylic acids is 1. The van der Waals surface area contributed by atoms with Crippen LogP contribution >= 0.6 is 11.8 Å². The second kappa shape index (κ2) is 5.58. The number of H-pyrrole nitrogens is 1. The Balaban J connectivity index is 1.73. The summed E-state index contributed by atoms with van der Waals surface area (Å²) in [5, 5.41) is 13.5. The molecule has 104 valence electrons. The molecule has 1 unspecified atom stereocenters. The van der Waals surface area contributed by atoms with Crippen molar-refractivity contribution in [3.05, 3.63) is 41.5 Å². The first-order valence-corrected chi connectivity index (χ1v) is 7.18. The van der Waals surface area contributed by atoms with Gasteiger partial charge in [0.25, 0.3) is 0 Å². The zero-order valence-electron chi connectivity index (χ0n) is 10.5. The molecular formula is C12H12FN5OS. The Labute approximate surface area is 118 Å². The van der Waals surface area contributed by atoms with Crippen LogP contribution in [0.15, 0.2) is 24.3 Å². The van der Waals surface area contributed by atoms with Crippen LogP contribution < -0.4 is 0 Å². The normalized spacial score (nSPS) is 18.8. The van der Waals surface area contributed by atoms with Gasteiger partial charge in [0.2, 0.25) is 5.91 Å². The topological polar surface area (TPSA) is 74.8 Å². The Morgan fingerprint density at radius 2 is 2.20 bits per heavy atom. The Hall–Kier alpha value is -1.96. The van der Waals surface area contributed by atoms with Crippen LogP contribution in [0.25, 0.3) is 0 Å². The fourth-order valence-corrected chi connectivity index (χ4v) is 3.33. The van der Waals surface area contributed by atoms with Crippen LogP contribution in [0.2, 0.25) is 0 Å². The number of halogens is 1. The molecule has 1 aromatic heterocycles. The molecule has 8 heteroatoms. The maximum atomic E-state index is 13.0. The highest BCUT2D eigenvalue weighted by Gasteiger charge is 2.32. The maximum absolute atomic E-state index is 13.0. The van der Waals surface area contributed by atoms with Crippen molar-refractivity contribution in [1.29, 1.82) is 0 Å². The SMILES string of the molecule is O=C1CSC(c2ccc(F)cc2)N1CCc1nn[nH]n1. The number of benzene rings is 1. The van der Waals surface area contributed by atoms with E-state index in [1.165, 1.54) is 12.1 Å². The van der Waals surface area contributed by atoms with Crippen LogP contribution in [0.1, 0.15) is 16.8 Å². The third kappa shape index (κ3) is 2.64. The van der Waals surface area contributed by atoms with Crippen molar-refractivity contribution in [2.24, 2.45) is 0 Å². The van der Waals surface area contributed by atoms with Crippen LogP contribution in [-0.2, 0) is 11.2 Å². The molecular weight excluding hydrogens is 281 g/mol. The Morgan fingerprint density at radius 1 is 1.40 bits per heavy atom. The Bertz CT molecular complexity index is 588. The van der Waals surface area contributed by atoms with E-state index >= 15 is 0 Å². The summed E-state index contributed by atoms with van der Waals surface area (Å²) in [7, 11) is 0. The first kappa shape index (κ1) is 13.0. The lowest BCUT2D eigenvalue weighted by molar-refractivity contribution is -0.128. The molecule has 0 bridgehead atoms. The minimum atomic E-state index is -0.276. The number of hydrogen-bond donors (Lipinski definition) is 1. The van der Waals surface area contributed by atoms with Crippen molar-refractivity contribution < 1.29 is 9.18 Å². The summed E-state index contributed by atoms with van der Waals surface area (Å²) in [6.45, 7) is 0.521. The van der Waals surface area contributed by atoms with Crippen LogP contribution in [-0.4, -0.2) is 43.7 Å². The van der Waals surface area contributed by atoms with E-state index in [0.717, 1.165) is 5.56 Å². The number of tetrazole rings is 1. The quantitative estimate of drug-likeness (QED) is 0.915. The Kier molecular flexibility index (Phi) is 3.64. The fraction of sp³-hybridized carbons (Fsp3) is 0.333. The monoisotopic (exact) mass is 293 g/mol. The molecule has 3 rings (SSSR count). The average molecular weight is 293 g/mol. The summed E-state index contributed by atoms with van der Waals surface area (Å²) in [5.74, 6) is 0.815. The van der Waals surface area contributed by atoms with Crippen LogP contribution in [0.5, 0.6) is 0 Å². The summed E-state index contributed by atoms with van der Waals surface area (Å²) in [4.78, 5) is 13.7. The van der Waals surface area contributed by atoms with Crippen LogP contribution in [0.3, 0.4) is 0 Å². The van der Waals surface area contributed by atoms with E-state index in [9.17, 15) is 9.18 Å². The molecule has 0 saturated carbocycles. The van der Waals surface area contributed by atoms with Crippen molar-refractivity contribution in [1.82, 2.24) is 25.5 Å². The number of hydrogen-bond acceptors (Lipinski definition) is 5. The van der Waals surface area contributed by atoms with Crippen molar-refractivity contribution in [3.63, 3.8) is 0 Å². The molecule has 0 spiro atoms. The fourth-order valence-electron chi connectivity index (χ4n) is 2.11. The standard InChI is InChI=1S/C12H12FN5OS/c13-9-3-1-8(2-4-9)12-18(11(19)7-20-12)6-5-10-14-16-17-15-10/h1-4,12H,5-7H2,(H,14,15,16,17). The van der Waals surface area contributed by atoms with E-state index in [4.69, 9.17) is 0 Å². The van der Waals surface area contributed by atoms with Crippen molar-refractivity contribution in [2.75, 3.05) is 12.3 Å². The van der Waals surface area contributed by atoms with Gasteiger partial charge in [-0.1, -0.05) is 17.3 Å². The van der Waals surface area contributed by atoms with Gasteiger partial charge in [0.05, 0.1) is 5.75 Å². The number of nitrogens with zero attached hydrogens (tertiary/aromatic N) is 4. The van der Waals surface area contributed by atoms with Gasteiger partial charge in [-0.15, -0.1) is 22.0 Å². The molecule has 2 heterocycles. The van der Waals surface area contributed by atoms with Crippen LogP contribution in [0, 0.1) is 5.82 Å². The van der Waals surface area contributed by atoms with Gasteiger partial charge in [-0.25, -0.2) is 4.39 Å². The molecule has 1 atom stereocenters. The smallest absolute Gasteiger partial charge is 0.233 e. The summed E-state index contributed by atoms with van der Waals surface area (Å²) in [6.07, 6.45) is 0.542. The highest BCUT2D eigenvalue weighted by Crippen LogP contribution is 2.38. The lowest BCUT2D eigenvalue weighted by Gasteiger charge is -2.23. The number of amides is 1. The Morgan fingerprint density at radius 3 is 2.90 bits per heavy atom. The zero-order chi connectivity index (χ0) is 13.9. The predicted octanol–water partition coefficient (Wildman–Crippen LogP) is 1.16. The number of nitrogens with one attached hydrogen (secondary N) is 1. The minimum absolute atomic E-state index is 0.0741. The van der Waals surface area contributed by atoms with E-state index in [-0.39, 0.29) is 17.1 Å². The maximum Gasteiger partial charge on any atom is 0.233 e. The summed E-state index contributed by atoms with van der Waals surface area (Å²) < 4.78 is 13.0. The van der Waals surface area contributed by atoms with Gasteiger partial charge in [-0.3, -0.25) is 4.79 Å². The summed E-state index contributed by atoms with van der Waals surface area (Å²) in [5.41, 5.74) is 0.926. The third-order valence-electron chi connectivity index (χ3n) is 3.09. The number of carbonyl (C=O) groups is 1. The first-order valence-electron chi connectivity index (χ1n) is 6.13. The summed E-state index contributed by atoms with van der Waals surface area (Å²) in [6, 6.07) is 6.26. The van der Waals surface area contributed by atoms with Gasteiger partial charge in [-0.05, 0) is 17.7 Å². The molecule has 1 aromatic carbocycles. The second-order valence-electron chi connectivity index (χ2n) is 4.38. The molecule has 1 aliphatic heterocycles. The number of aromatic nitrogens is 4. The molecule has 1 fully saturated rings. The first-order chi connectivity index (χ1) is 9.74. The highest BCUT2D eigenvalue weighted by molar-refractivity contribution is 8.00. The van der Waals surface area contributed by atoms with Gasteiger partial charge in [0.15, 0.2) is 5.82 Å². The highest BCUT2D eigenvalue weighted by atomic mass is 32.2. The van der Waals surface area contributed by atoms with Crippen LogP contribution in [0.4, 0.5) is 4.39 Å². The third-order valence-corrected chi connectivity index (χ3v) is 4.34. The lowest BCUT2D eigenvalue weighted by Crippen LogP contribution is -2.30. The zero-order valence-corrected chi connectivity index (χ0v) is 11.3. The van der Waals surface area contributed by atoms with Gasteiger partial charge < -0.3 is 4.90 Å². The molecule has 6 nitrogen and oxygen atoms in total. The molecule has 1 aliphatic rings. The van der Waals surface area contributed by atoms with Gasteiger partial charge >= 0.3 is 0 Å². The molecule has 1 saturated heterocycles. The van der Waals surface area contributed by atoms with Crippen molar-refractivity contribution >= 4 is 17.7 Å². The molecule has 0 aliphatic carbocycles. The predicted molar refractivity (Wildman–Crippen MR) is 71.2 cm³/mol. The van der Waals surface area contributed by atoms with Gasteiger partial charge in [0.1, 0.15) is 11.2 Å². The lowest BCUT2D eigenvalue weighted by atomic mass is 10.2. The van der Waals surface area contributed by atoms with E-state index in [1.54, 1.807) is 28.8 Å². The molecule has 0 radical (unpaired) electrons. The number of rotatable bonds is 4. The van der Waals surface area contributed by atoms with E-state index in [1.807, 2.05) is 0 Å². The largest absolute Gasteiger partial charge is 0.325 e. The van der Waals surface area contributed by atoms with Gasteiger partial charge in [-0.2, -0.15) is 5.21 Å². The number of thioether (sulfide) groups is 1. The minimum Gasteiger partial charge on any atom is -0.325 e. The summed E-state index contributed by atoms with van der Waals surface area (Å²) >= 11 is 1.54. The molecule has 20 heavy (non-hydrogen) atoms. The second-order valence-corrected chi connectivity index (χ2v) is 5.45. The van der Waals surface area contributed by atoms with Gasteiger partial charge in [0, 0.05) is 13.0 Å². The average Bonchev–Trinajstić information content (AvgIpc) is 3.07. The van der Waals surface area contributed by atoms with E-state index in [2.05, 4.69) is 20.6 Å². The van der Waals surface area contributed by atoms with E-state index in [0.29, 0.717) is 24.5 Å². The van der Waals surface area contributed by atoms with E-state index < -0.39 is 0 Å². The number of aromatic amines is 1. The molecule has 1 N–H and O–H groups in total. The molecule has 1 amide bonds. The van der Waals surface area contributed by atoms with Crippen molar-refractivity contribution in [2.45, 2.75) is 11.8 Å².